The van der Waals surface area contributed by atoms with E-state index in [1.165, 1.54) is 0 Å². The van der Waals surface area contributed by atoms with E-state index in [-0.39, 0.29) is 5.91 Å². The Bertz CT molecular complexity index is 1020. The molecule has 30 heavy (non-hydrogen) atoms. The molecule has 5 nitrogen and oxygen atoms in total. The van der Waals surface area contributed by atoms with Crippen LogP contribution >= 0.6 is 0 Å². The fourth-order valence-corrected chi connectivity index (χ4v) is 4.40. The molecule has 1 fully saturated rings. The molecule has 1 aliphatic heterocycles. The molecular formula is C25H27N3O2. The minimum atomic E-state index is -0.557. The second-order valence-electron chi connectivity index (χ2n) is 8.03. The van der Waals surface area contributed by atoms with Crippen LogP contribution in [0.3, 0.4) is 0 Å². The summed E-state index contributed by atoms with van der Waals surface area (Å²) in [5, 5.41) is 0. The molecule has 1 saturated heterocycles. The van der Waals surface area contributed by atoms with E-state index in [0.29, 0.717) is 13.0 Å². The number of nitrogens with two attached hydrogens (primary N) is 1. The molecule has 0 saturated carbocycles. The summed E-state index contributed by atoms with van der Waals surface area (Å²) in [6.07, 6.45) is 4.99. The molecule has 154 valence electrons. The molecule has 0 spiro atoms. The lowest BCUT2D eigenvalue weighted by molar-refractivity contribution is -0.127. The number of benzene rings is 2. The highest BCUT2D eigenvalue weighted by Crippen LogP contribution is 2.36. The second kappa shape index (κ2) is 8.67. The minimum Gasteiger partial charge on any atom is -0.496 e. The van der Waals surface area contributed by atoms with Gasteiger partial charge in [-0.3, -0.25) is 14.7 Å². The molecule has 4 rings (SSSR count). The Morgan fingerprint density at radius 1 is 1.10 bits per heavy atom. The smallest absolute Gasteiger partial charge is 0.225 e. The first-order valence-corrected chi connectivity index (χ1v) is 10.2. The lowest BCUT2D eigenvalue weighted by atomic mass is 9.79. The number of likely N-dealkylation sites (tertiary alicyclic amines) is 1. The number of amides is 1. The summed E-state index contributed by atoms with van der Waals surface area (Å²) in [5.74, 6) is 0.651. The van der Waals surface area contributed by atoms with Crippen LogP contribution in [0, 0.1) is 5.41 Å². The van der Waals surface area contributed by atoms with Gasteiger partial charge in [-0.05, 0) is 54.3 Å². The number of hydrogen-bond acceptors (Lipinski definition) is 4. The summed E-state index contributed by atoms with van der Waals surface area (Å²) in [6, 6.07) is 20.4. The Morgan fingerprint density at radius 3 is 2.67 bits per heavy atom. The van der Waals surface area contributed by atoms with Gasteiger partial charge >= 0.3 is 0 Å². The number of carbonyl (C=O) groups is 1. The fraction of sp³-hybridized carbons (Fsp3) is 0.280. The van der Waals surface area contributed by atoms with Crippen LogP contribution in [0.25, 0.3) is 11.1 Å². The van der Waals surface area contributed by atoms with Crippen molar-refractivity contribution in [2.45, 2.75) is 19.4 Å². The minimum absolute atomic E-state index is 0.223. The van der Waals surface area contributed by atoms with Gasteiger partial charge in [0.1, 0.15) is 5.75 Å². The quantitative estimate of drug-likeness (QED) is 0.656. The molecule has 1 amide bonds. The van der Waals surface area contributed by atoms with Crippen molar-refractivity contribution in [1.82, 2.24) is 9.88 Å². The Labute approximate surface area is 177 Å². The first kappa shape index (κ1) is 20.1. The highest BCUT2D eigenvalue weighted by Gasteiger charge is 2.43. The highest BCUT2D eigenvalue weighted by molar-refractivity contribution is 5.82. The van der Waals surface area contributed by atoms with Crippen molar-refractivity contribution < 1.29 is 9.53 Å². The van der Waals surface area contributed by atoms with Crippen LogP contribution in [0.2, 0.25) is 0 Å². The van der Waals surface area contributed by atoms with Crippen molar-refractivity contribution in [2.24, 2.45) is 11.1 Å². The van der Waals surface area contributed by atoms with E-state index in [2.05, 4.69) is 34.1 Å². The summed E-state index contributed by atoms with van der Waals surface area (Å²) in [4.78, 5) is 19.0. The first-order chi connectivity index (χ1) is 14.6. The van der Waals surface area contributed by atoms with Gasteiger partial charge in [-0.1, -0.05) is 42.5 Å². The molecule has 3 aromatic rings. The van der Waals surface area contributed by atoms with Crippen LogP contribution in [0.4, 0.5) is 0 Å². The number of pyridine rings is 1. The number of nitrogens with zero attached hydrogens (tertiary/aromatic N) is 2. The van der Waals surface area contributed by atoms with Crippen molar-refractivity contribution in [2.75, 3.05) is 20.2 Å². The third-order valence-electron chi connectivity index (χ3n) is 6.03. The molecule has 5 heteroatoms. The third kappa shape index (κ3) is 4.21. The number of aromatic nitrogens is 1. The van der Waals surface area contributed by atoms with Crippen LogP contribution in [0.5, 0.6) is 5.75 Å². The van der Waals surface area contributed by atoms with E-state index in [4.69, 9.17) is 10.5 Å². The van der Waals surface area contributed by atoms with Gasteiger partial charge < -0.3 is 10.5 Å². The van der Waals surface area contributed by atoms with Crippen LogP contribution in [-0.4, -0.2) is 36.0 Å². The summed E-state index contributed by atoms with van der Waals surface area (Å²) in [6.45, 7) is 2.24. The van der Waals surface area contributed by atoms with E-state index in [1.54, 1.807) is 19.5 Å². The molecule has 0 aliphatic carbocycles. The topological polar surface area (TPSA) is 68.4 Å². The van der Waals surface area contributed by atoms with E-state index < -0.39 is 5.41 Å². The molecule has 0 radical (unpaired) electrons. The zero-order valence-corrected chi connectivity index (χ0v) is 17.3. The van der Waals surface area contributed by atoms with Crippen molar-refractivity contribution in [1.29, 1.82) is 0 Å². The summed E-state index contributed by atoms with van der Waals surface area (Å²) >= 11 is 0. The van der Waals surface area contributed by atoms with Crippen LogP contribution in [0.15, 0.2) is 73.1 Å². The van der Waals surface area contributed by atoms with Crippen molar-refractivity contribution in [3.05, 3.63) is 84.2 Å². The van der Waals surface area contributed by atoms with Gasteiger partial charge in [0, 0.05) is 31.0 Å². The average molecular weight is 402 g/mol. The zero-order valence-electron chi connectivity index (χ0n) is 17.3. The van der Waals surface area contributed by atoms with E-state index in [9.17, 15) is 4.79 Å². The van der Waals surface area contributed by atoms with Gasteiger partial charge in [-0.15, -0.1) is 0 Å². The normalized spacial score (nSPS) is 19.0. The maximum absolute atomic E-state index is 12.6. The second-order valence-corrected chi connectivity index (χ2v) is 8.03. The van der Waals surface area contributed by atoms with Gasteiger partial charge in [0.25, 0.3) is 0 Å². The molecule has 2 heterocycles. The summed E-state index contributed by atoms with van der Waals surface area (Å²) < 4.78 is 5.48. The standard InChI is InChI=1S/C25H27N3O2/c1-30-23-8-3-2-6-22(23)17-28-14-11-25(18-28,24(26)29)16-19-5-4-7-21(15-19)20-9-12-27-13-10-20/h2-10,12-13,15H,11,14,16-18H2,1H3,(H2,26,29)/t25-/m0/s1. The molecule has 2 N–H and O–H groups in total. The zero-order chi connectivity index (χ0) is 21.0. The lowest BCUT2D eigenvalue weighted by Crippen LogP contribution is -2.41. The average Bonchev–Trinajstić information content (AvgIpc) is 3.19. The maximum atomic E-state index is 12.6. The van der Waals surface area contributed by atoms with E-state index in [1.807, 2.05) is 36.4 Å². The van der Waals surface area contributed by atoms with Crippen LogP contribution in [0.1, 0.15) is 17.5 Å². The molecule has 1 aliphatic rings. The Kier molecular flexibility index (Phi) is 5.81. The van der Waals surface area contributed by atoms with Crippen LogP contribution in [-0.2, 0) is 17.8 Å². The Hall–Kier alpha value is -3.18. The van der Waals surface area contributed by atoms with E-state index >= 15 is 0 Å². The Balaban J connectivity index is 1.53. The van der Waals surface area contributed by atoms with Crippen molar-refractivity contribution in [3.63, 3.8) is 0 Å². The molecule has 2 aromatic carbocycles. The van der Waals surface area contributed by atoms with Gasteiger partial charge in [0.2, 0.25) is 5.91 Å². The molecule has 1 aromatic heterocycles. The summed E-state index contributed by atoms with van der Waals surface area (Å²) in [7, 11) is 1.69. The Morgan fingerprint density at radius 2 is 1.90 bits per heavy atom. The van der Waals surface area contributed by atoms with Gasteiger partial charge in [0.15, 0.2) is 0 Å². The number of primary amides is 1. The molecule has 0 unspecified atom stereocenters. The summed E-state index contributed by atoms with van der Waals surface area (Å²) in [5.41, 5.74) is 9.88. The number of carbonyl (C=O) groups excluding carboxylic acids is 1. The number of hydrogen-bond donors (Lipinski definition) is 1. The first-order valence-electron chi connectivity index (χ1n) is 10.2. The highest BCUT2D eigenvalue weighted by atomic mass is 16.5. The third-order valence-corrected chi connectivity index (χ3v) is 6.03. The number of rotatable bonds is 7. The number of para-hydroxylation sites is 1. The fourth-order valence-electron chi connectivity index (χ4n) is 4.40. The van der Waals surface area contributed by atoms with Gasteiger partial charge in [0.05, 0.1) is 12.5 Å². The predicted molar refractivity (Wildman–Crippen MR) is 118 cm³/mol. The van der Waals surface area contributed by atoms with E-state index in [0.717, 1.165) is 47.5 Å². The van der Waals surface area contributed by atoms with Crippen LogP contribution < -0.4 is 10.5 Å². The lowest BCUT2D eigenvalue weighted by Gasteiger charge is -2.26. The maximum Gasteiger partial charge on any atom is 0.225 e. The monoisotopic (exact) mass is 401 g/mol. The van der Waals surface area contributed by atoms with Crippen molar-refractivity contribution in [3.8, 4) is 16.9 Å². The van der Waals surface area contributed by atoms with Crippen molar-refractivity contribution >= 4 is 5.91 Å². The number of methoxy groups -OCH3 is 1. The SMILES string of the molecule is COc1ccccc1CN1CC[C@@](Cc2cccc(-c3ccncc3)c2)(C(N)=O)C1. The molecule has 1 atom stereocenters. The number of ether oxygens (including phenoxy) is 1. The molecule has 0 bridgehead atoms. The van der Waals surface area contributed by atoms with Gasteiger partial charge in [-0.2, -0.15) is 0 Å². The van der Waals surface area contributed by atoms with Gasteiger partial charge in [-0.25, -0.2) is 0 Å². The molecular weight excluding hydrogens is 374 g/mol. The predicted octanol–water partition coefficient (Wildman–Crippen LogP) is 3.68. The largest absolute Gasteiger partial charge is 0.496 e.